The second kappa shape index (κ2) is 11.7. The fraction of sp³-hybridized carbons (Fsp3) is 0.263. The van der Waals surface area contributed by atoms with Gasteiger partial charge in [0.2, 0.25) is 0 Å². The molecule has 0 saturated carbocycles. The number of nitrogens with zero attached hydrogens (tertiary/aromatic N) is 2. The average molecular weight is 327 g/mol. The van der Waals surface area contributed by atoms with Gasteiger partial charge in [0, 0.05) is 31.9 Å². The van der Waals surface area contributed by atoms with Crippen molar-refractivity contribution < 1.29 is 9.15 Å². The van der Waals surface area contributed by atoms with Gasteiger partial charge in [0.25, 0.3) is 0 Å². The first-order valence-electron chi connectivity index (χ1n) is 7.94. The van der Waals surface area contributed by atoms with Crippen molar-refractivity contribution in [2.75, 3.05) is 12.4 Å². The monoisotopic (exact) mass is 327 g/mol. The maximum Gasteiger partial charge on any atom is 0.190 e. The summed E-state index contributed by atoms with van der Waals surface area (Å²) in [5.74, 6) is 1.56. The maximum absolute atomic E-state index is 5.63. The van der Waals surface area contributed by atoms with E-state index in [9.17, 15) is 0 Å². The lowest BCUT2D eigenvalue weighted by Crippen LogP contribution is -1.98. The van der Waals surface area contributed by atoms with E-state index in [2.05, 4.69) is 15.3 Å². The van der Waals surface area contributed by atoms with Crippen LogP contribution in [0.15, 0.2) is 65.5 Å². The summed E-state index contributed by atoms with van der Waals surface area (Å²) in [7, 11) is 1.89. The second-order valence-electron chi connectivity index (χ2n) is 4.44. The molecule has 0 fully saturated rings. The number of ether oxygens (including phenoxy) is 1. The van der Waals surface area contributed by atoms with Gasteiger partial charge < -0.3 is 14.5 Å². The summed E-state index contributed by atoms with van der Waals surface area (Å²) in [5.41, 5.74) is 1.97. The molecule has 0 bridgehead atoms. The van der Waals surface area contributed by atoms with Crippen LogP contribution in [-0.4, -0.2) is 17.0 Å². The molecule has 0 aliphatic rings. The zero-order chi connectivity index (χ0) is 17.6. The molecule has 1 aromatic carbocycles. The van der Waals surface area contributed by atoms with E-state index in [-0.39, 0.29) is 0 Å². The molecule has 0 aliphatic heterocycles. The Labute approximate surface area is 143 Å². The molecule has 0 aliphatic carbocycles. The number of benzene rings is 1. The highest BCUT2D eigenvalue weighted by Gasteiger charge is 1.97. The van der Waals surface area contributed by atoms with Crippen LogP contribution in [0.1, 0.15) is 25.4 Å². The number of rotatable bonds is 4. The number of hydrogen-bond acceptors (Lipinski definition) is 5. The van der Waals surface area contributed by atoms with E-state index in [0.29, 0.717) is 6.61 Å². The minimum absolute atomic E-state index is 0.494. The number of nitrogens with one attached hydrogen (secondary N) is 1. The molecule has 0 spiro atoms. The van der Waals surface area contributed by atoms with Crippen LogP contribution in [-0.2, 0) is 6.61 Å². The predicted molar refractivity (Wildman–Crippen MR) is 97.1 cm³/mol. The number of anilines is 1. The standard InChI is InChI=1S/C13H14N2O.C4H5NO.C2H6/c1-14-11-6-4-7-13(9-11)16-10-12-5-2-3-8-15-12;1-4-5-2-3-6-4;1-2/h2-9,14H,10H2,1H3;2-3H,1H3;1-2H3. The second-order valence-corrected chi connectivity index (χ2v) is 4.44. The molecule has 0 radical (unpaired) electrons. The maximum atomic E-state index is 5.63. The van der Waals surface area contributed by atoms with Crippen molar-refractivity contribution in [3.8, 4) is 5.75 Å². The Morgan fingerprint density at radius 1 is 1.04 bits per heavy atom. The van der Waals surface area contributed by atoms with E-state index in [1.165, 1.54) is 0 Å². The zero-order valence-electron chi connectivity index (χ0n) is 14.7. The fourth-order valence-electron chi connectivity index (χ4n) is 1.68. The van der Waals surface area contributed by atoms with Gasteiger partial charge in [-0.1, -0.05) is 26.0 Å². The van der Waals surface area contributed by atoms with E-state index in [0.717, 1.165) is 23.0 Å². The Morgan fingerprint density at radius 2 is 1.88 bits per heavy atom. The van der Waals surface area contributed by atoms with Gasteiger partial charge in [-0.25, -0.2) is 4.98 Å². The van der Waals surface area contributed by atoms with Gasteiger partial charge in [0.1, 0.15) is 18.6 Å². The van der Waals surface area contributed by atoms with Gasteiger partial charge in [-0.2, -0.15) is 0 Å². The van der Waals surface area contributed by atoms with Gasteiger partial charge in [-0.3, -0.25) is 4.98 Å². The topological polar surface area (TPSA) is 60.2 Å². The van der Waals surface area contributed by atoms with Crippen LogP contribution in [0, 0.1) is 6.92 Å². The van der Waals surface area contributed by atoms with Gasteiger partial charge >= 0.3 is 0 Å². The molecule has 128 valence electrons. The average Bonchev–Trinajstić information content (AvgIpc) is 3.14. The minimum Gasteiger partial charge on any atom is -0.487 e. The Morgan fingerprint density at radius 3 is 2.42 bits per heavy atom. The first-order chi connectivity index (χ1) is 11.8. The molecule has 0 amide bonds. The third kappa shape index (κ3) is 7.45. The summed E-state index contributed by atoms with van der Waals surface area (Å²) in [6.45, 7) is 6.30. The molecular weight excluding hydrogens is 302 g/mol. The smallest absolute Gasteiger partial charge is 0.190 e. The van der Waals surface area contributed by atoms with Crippen LogP contribution in [0.3, 0.4) is 0 Å². The first kappa shape index (κ1) is 19.2. The summed E-state index contributed by atoms with van der Waals surface area (Å²) in [6, 6.07) is 13.6. The summed E-state index contributed by atoms with van der Waals surface area (Å²) < 4.78 is 10.4. The molecular formula is C19H25N3O2. The first-order valence-corrected chi connectivity index (χ1v) is 7.94. The van der Waals surface area contributed by atoms with Crippen LogP contribution in [0.25, 0.3) is 0 Å². The van der Waals surface area contributed by atoms with E-state index >= 15 is 0 Å². The summed E-state index contributed by atoms with van der Waals surface area (Å²) in [4.78, 5) is 7.95. The fourth-order valence-corrected chi connectivity index (χ4v) is 1.68. The summed E-state index contributed by atoms with van der Waals surface area (Å²) in [5, 5.41) is 3.07. The number of oxazole rings is 1. The van der Waals surface area contributed by atoms with Gasteiger partial charge in [0.05, 0.1) is 11.9 Å². The highest BCUT2D eigenvalue weighted by atomic mass is 16.5. The van der Waals surface area contributed by atoms with Crippen molar-refractivity contribution >= 4 is 5.69 Å². The minimum atomic E-state index is 0.494. The van der Waals surface area contributed by atoms with Crippen LogP contribution >= 0.6 is 0 Å². The van der Waals surface area contributed by atoms with Crippen LogP contribution in [0.5, 0.6) is 5.75 Å². The molecule has 0 unspecified atom stereocenters. The van der Waals surface area contributed by atoms with Crippen molar-refractivity contribution in [2.45, 2.75) is 27.4 Å². The number of pyridine rings is 1. The molecule has 2 aromatic heterocycles. The Bertz CT molecular complexity index is 655. The van der Waals surface area contributed by atoms with Gasteiger partial charge in [-0.05, 0) is 24.3 Å². The molecule has 5 heteroatoms. The quantitative estimate of drug-likeness (QED) is 0.752. The van der Waals surface area contributed by atoms with Crippen molar-refractivity contribution in [1.82, 2.24) is 9.97 Å². The summed E-state index contributed by atoms with van der Waals surface area (Å²) in [6.07, 6.45) is 4.94. The molecule has 1 N–H and O–H groups in total. The lowest BCUT2D eigenvalue weighted by molar-refractivity contribution is 0.301. The van der Waals surface area contributed by atoms with Crippen LogP contribution < -0.4 is 10.1 Å². The van der Waals surface area contributed by atoms with E-state index in [1.54, 1.807) is 25.6 Å². The van der Waals surface area contributed by atoms with E-state index < -0.39 is 0 Å². The van der Waals surface area contributed by atoms with Crippen molar-refractivity contribution in [2.24, 2.45) is 0 Å². The molecule has 0 saturated heterocycles. The van der Waals surface area contributed by atoms with Crippen LogP contribution in [0.4, 0.5) is 5.69 Å². The molecule has 3 aromatic rings. The van der Waals surface area contributed by atoms with E-state index in [1.807, 2.05) is 63.4 Å². The zero-order valence-corrected chi connectivity index (χ0v) is 14.7. The third-order valence-electron chi connectivity index (χ3n) is 2.79. The largest absolute Gasteiger partial charge is 0.487 e. The highest BCUT2D eigenvalue weighted by molar-refractivity contribution is 5.47. The molecule has 0 atom stereocenters. The van der Waals surface area contributed by atoms with Gasteiger partial charge in [-0.15, -0.1) is 0 Å². The van der Waals surface area contributed by atoms with Crippen LogP contribution in [0.2, 0.25) is 0 Å². The Hall–Kier alpha value is -2.82. The number of aromatic nitrogens is 2. The number of aryl methyl sites for hydroxylation is 1. The molecule has 2 heterocycles. The lowest BCUT2D eigenvalue weighted by atomic mass is 10.3. The van der Waals surface area contributed by atoms with Crippen molar-refractivity contribution in [3.63, 3.8) is 0 Å². The molecule has 5 nitrogen and oxygen atoms in total. The summed E-state index contributed by atoms with van der Waals surface area (Å²) >= 11 is 0. The third-order valence-corrected chi connectivity index (χ3v) is 2.79. The molecule has 3 rings (SSSR count). The normalized spacial score (nSPS) is 9.00. The highest BCUT2D eigenvalue weighted by Crippen LogP contribution is 2.17. The van der Waals surface area contributed by atoms with E-state index in [4.69, 9.17) is 9.15 Å². The van der Waals surface area contributed by atoms with Gasteiger partial charge in [0.15, 0.2) is 5.89 Å². The van der Waals surface area contributed by atoms with Crippen molar-refractivity contribution in [3.05, 3.63) is 72.7 Å². The van der Waals surface area contributed by atoms with Crippen molar-refractivity contribution in [1.29, 1.82) is 0 Å². The SMILES string of the molecule is CC.CNc1cccc(OCc2ccccn2)c1.Cc1ncco1. The number of hydrogen-bond donors (Lipinski definition) is 1. The molecule has 24 heavy (non-hydrogen) atoms. The lowest BCUT2D eigenvalue weighted by Gasteiger charge is -2.07. The Balaban J connectivity index is 0.000000300. The Kier molecular flexibility index (Phi) is 9.38. The predicted octanol–water partition coefficient (Wildman–Crippen LogP) is 4.71.